The molecule has 0 amide bonds. The fraction of sp³-hybridized carbons (Fsp3) is 0.462. The number of hydrogen-bond acceptors (Lipinski definition) is 2. The standard InChI is InChI=1S/C13H19N3/c1-10(2)9-14-8-7-13-15-11-5-3-4-6-12(11)16-13/h3-6,10,14H,7-9H2,1-2H3,(H,15,16). The number of nitrogens with one attached hydrogen (secondary N) is 2. The molecule has 3 nitrogen and oxygen atoms in total. The van der Waals surface area contributed by atoms with E-state index in [1.165, 1.54) is 0 Å². The third-order valence-corrected chi connectivity index (χ3v) is 2.53. The first-order chi connectivity index (χ1) is 7.75. The van der Waals surface area contributed by atoms with Crippen LogP contribution in [-0.4, -0.2) is 23.1 Å². The molecule has 0 radical (unpaired) electrons. The van der Waals surface area contributed by atoms with Crippen molar-refractivity contribution in [3.63, 3.8) is 0 Å². The van der Waals surface area contributed by atoms with Gasteiger partial charge in [0.2, 0.25) is 0 Å². The van der Waals surface area contributed by atoms with E-state index in [1.54, 1.807) is 0 Å². The Labute approximate surface area is 96.3 Å². The van der Waals surface area contributed by atoms with Crippen LogP contribution in [-0.2, 0) is 6.42 Å². The SMILES string of the molecule is CC(C)CNCCc1nc2ccccc2[nH]1. The van der Waals surface area contributed by atoms with Crippen molar-refractivity contribution < 1.29 is 0 Å². The molecular formula is C13H19N3. The van der Waals surface area contributed by atoms with E-state index in [1.807, 2.05) is 18.2 Å². The molecule has 2 aromatic rings. The van der Waals surface area contributed by atoms with Crippen molar-refractivity contribution in [3.05, 3.63) is 30.1 Å². The molecule has 1 heterocycles. The molecule has 0 saturated heterocycles. The van der Waals surface area contributed by atoms with Gasteiger partial charge in [0.25, 0.3) is 0 Å². The first kappa shape index (κ1) is 11.1. The highest BCUT2D eigenvalue weighted by atomic mass is 14.9. The lowest BCUT2D eigenvalue weighted by atomic mass is 10.2. The monoisotopic (exact) mass is 217 g/mol. The molecule has 2 rings (SSSR count). The second-order valence-corrected chi connectivity index (χ2v) is 4.55. The third kappa shape index (κ3) is 2.83. The Kier molecular flexibility index (Phi) is 3.57. The van der Waals surface area contributed by atoms with Crippen molar-refractivity contribution in [1.82, 2.24) is 15.3 Å². The molecule has 0 aliphatic heterocycles. The molecule has 0 unspecified atom stereocenters. The van der Waals surface area contributed by atoms with Crippen molar-refractivity contribution >= 4 is 11.0 Å². The van der Waals surface area contributed by atoms with Crippen LogP contribution < -0.4 is 5.32 Å². The van der Waals surface area contributed by atoms with E-state index < -0.39 is 0 Å². The molecule has 16 heavy (non-hydrogen) atoms. The zero-order valence-corrected chi connectivity index (χ0v) is 9.96. The molecule has 0 aliphatic rings. The van der Waals surface area contributed by atoms with E-state index in [0.29, 0.717) is 5.92 Å². The van der Waals surface area contributed by atoms with Crippen LogP contribution >= 0.6 is 0 Å². The summed E-state index contributed by atoms with van der Waals surface area (Å²) in [5.74, 6) is 1.77. The van der Waals surface area contributed by atoms with E-state index >= 15 is 0 Å². The van der Waals surface area contributed by atoms with Gasteiger partial charge in [0.1, 0.15) is 5.82 Å². The number of nitrogens with zero attached hydrogens (tertiary/aromatic N) is 1. The highest BCUT2D eigenvalue weighted by Crippen LogP contribution is 2.10. The smallest absolute Gasteiger partial charge is 0.108 e. The average molecular weight is 217 g/mol. The normalized spacial score (nSPS) is 11.4. The lowest BCUT2D eigenvalue weighted by Crippen LogP contribution is -2.22. The van der Waals surface area contributed by atoms with Crippen LogP contribution in [0.15, 0.2) is 24.3 Å². The summed E-state index contributed by atoms with van der Waals surface area (Å²) in [5, 5.41) is 3.42. The van der Waals surface area contributed by atoms with Crippen molar-refractivity contribution in [3.8, 4) is 0 Å². The Morgan fingerprint density at radius 3 is 2.88 bits per heavy atom. The minimum atomic E-state index is 0.704. The summed E-state index contributed by atoms with van der Waals surface area (Å²) in [6, 6.07) is 8.15. The second kappa shape index (κ2) is 5.12. The number of aromatic amines is 1. The number of rotatable bonds is 5. The van der Waals surface area contributed by atoms with Crippen LogP contribution in [0.2, 0.25) is 0 Å². The Hall–Kier alpha value is -1.35. The minimum Gasteiger partial charge on any atom is -0.342 e. The number of fused-ring (bicyclic) bond motifs is 1. The molecule has 86 valence electrons. The van der Waals surface area contributed by atoms with Crippen LogP contribution in [0.1, 0.15) is 19.7 Å². The van der Waals surface area contributed by atoms with Crippen LogP contribution in [0.4, 0.5) is 0 Å². The largest absolute Gasteiger partial charge is 0.342 e. The number of H-pyrrole nitrogens is 1. The Morgan fingerprint density at radius 1 is 1.31 bits per heavy atom. The van der Waals surface area contributed by atoms with Gasteiger partial charge >= 0.3 is 0 Å². The van der Waals surface area contributed by atoms with Crippen LogP contribution in [0.3, 0.4) is 0 Å². The summed E-state index contributed by atoms with van der Waals surface area (Å²) in [7, 11) is 0. The summed E-state index contributed by atoms with van der Waals surface area (Å²) in [6.45, 7) is 6.49. The van der Waals surface area contributed by atoms with Crippen molar-refractivity contribution in [2.75, 3.05) is 13.1 Å². The zero-order valence-electron chi connectivity index (χ0n) is 9.96. The lowest BCUT2D eigenvalue weighted by molar-refractivity contribution is 0.551. The maximum Gasteiger partial charge on any atom is 0.108 e. The summed E-state index contributed by atoms with van der Waals surface area (Å²) >= 11 is 0. The van der Waals surface area contributed by atoms with E-state index in [2.05, 4.69) is 35.2 Å². The highest BCUT2D eigenvalue weighted by molar-refractivity contribution is 5.74. The number of benzene rings is 1. The first-order valence-electron chi connectivity index (χ1n) is 5.90. The molecule has 0 aliphatic carbocycles. The fourth-order valence-corrected chi connectivity index (χ4v) is 1.72. The topological polar surface area (TPSA) is 40.7 Å². The van der Waals surface area contributed by atoms with Gasteiger partial charge in [-0.15, -0.1) is 0 Å². The number of aromatic nitrogens is 2. The van der Waals surface area contributed by atoms with Crippen molar-refractivity contribution in [2.45, 2.75) is 20.3 Å². The van der Waals surface area contributed by atoms with E-state index in [4.69, 9.17) is 0 Å². The minimum absolute atomic E-state index is 0.704. The molecule has 2 N–H and O–H groups in total. The highest BCUT2D eigenvalue weighted by Gasteiger charge is 2.01. The lowest BCUT2D eigenvalue weighted by Gasteiger charge is -2.05. The number of imidazole rings is 1. The maximum absolute atomic E-state index is 4.53. The van der Waals surface area contributed by atoms with E-state index in [0.717, 1.165) is 36.4 Å². The third-order valence-electron chi connectivity index (χ3n) is 2.53. The van der Waals surface area contributed by atoms with Gasteiger partial charge in [0, 0.05) is 13.0 Å². The van der Waals surface area contributed by atoms with Gasteiger partial charge in [-0.2, -0.15) is 0 Å². The zero-order chi connectivity index (χ0) is 11.4. The summed E-state index contributed by atoms with van der Waals surface area (Å²) in [4.78, 5) is 7.87. The first-order valence-corrected chi connectivity index (χ1v) is 5.90. The van der Waals surface area contributed by atoms with Gasteiger partial charge in [-0.1, -0.05) is 26.0 Å². The summed E-state index contributed by atoms with van der Waals surface area (Å²) in [5.41, 5.74) is 2.18. The second-order valence-electron chi connectivity index (χ2n) is 4.55. The Morgan fingerprint density at radius 2 is 2.12 bits per heavy atom. The van der Waals surface area contributed by atoms with E-state index in [-0.39, 0.29) is 0 Å². The van der Waals surface area contributed by atoms with Gasteiger partial charge in [-0.05, 0) is 24.6 Å². The number of hydrogen-bond donors (Lipinski definition) is 2. The maximum atomic E-state index is 4.53. The Balaban J connectivity index is 1.89. The van der Waals surface area contributed by atoms with Gasteiger partial charge in [-0.3, -0.25) is 0 Å². The molecule has 0 spiro atoms. The molecule has 1 aromatic carbocycles. The van der Waals surface area contributed by atoms with Crippen LogP contribution in [0, 0.1) is 5.92 Å². The molecule has 3 heteroatoms. The molecule has 0 atom stereocenters. The van der Waals surface area contributed by atoms with Crippen LogP contribution in [0.25, 0.3) is 11.0 Å². The van der Waals surface area contributed by atoms with Crippen molar-refractivity contribution in [2.24, 2.45) is 5.92 Å². The molecule has 0 bridgehead atoms. The van der Waals surface area contributed by atoms with Crippen LogP contribution in [0.5, 0.6) is 0 Å². The van der Waals surface area contributed by atoms with Gasteiger partial charge in [-0.25, -0.2) is 4.98 Å². The predicted molar refractivity (Wildman–Crippen MR) is 67.5 cm³/mol. The number of para-hydroxylation sites is 2. The molecule has 0 saturated carbocycles. The quantitative estimate of drug-likeness (QED) is 0.755. The van der Waals surface area contributed by atoms with E-state index in [9.17, 15) is 0 Å². The van der Waals surface area contributed by atoms with Gasteiger partial charge in [0.15, 0.2) is 0 Å². The Bertz CT molecular complexity index is 412. The predicted octanol–water partition coefficient (Wildman–Crippen LogP) is 2.35. The van der Waals surface area contributed by atoms with Crippen molar-refractivity contribution in [1.29, 1.82) is 0 Å². The summed E-state index contributed by atoms with van der Waals surface area (Å²) in [6.07, 6.45) is 0.960. The summed E-state index contributed by atoms with van der Waals surface area (Å²) < 4.78 is 0. The molecule has 0 fully saturated rings. The molecule has 1 aromatic heterocycles. The van der Waals surface area contributed by atoms with Gasteiger partial charge in [0.05, 0.1) is 11.0 Å². The fourth-order valence-electron chi connectivity index (χ4n) is 1.72. The van der Waals surface area contributed by atoms with Gasteiger partial charge < -0.3 is 10.3 Å². The average Bonchev–Trinajstić information content (AvgIpc) is 2.66. The molecular weight excluding hydrogens is 198 g/mol.